The second-order valence-electron chi connectivity index (χ2n) is 9.68. The Morgan fingerprint density at radius 3 is 2.10 bits per heavy atom. The van der Waals surface area contributed by atoms with Crippen molar-refractivity contribution in [1.29, 1.82) is 0 Å². The molecule has 2 bridgehead atoms. The number of amides is 1. The Bertz CT molecular complexity index is 886. The fourth-order valence-electron chi connectivity index (χ4n) is 5.60. The Kier molecular flexibility index (Phi) is 6.04. The molecule has 7 heteroatoms. The van der Waals surface area contributed by atoms with Gasteiger partial charge in [-0.25, -0.2) is 8.42 Å². The van der Waals surface area contributed by atoms with Gasteiger partial charge >= 0.3 is 0 Å². The van der Waals surface area contributed by atoms with E-state index in [4.69, 9.17) is 0 Å². The molecule has 0 radical (unpaired) electrons. The number of benzene rings is 1. The Morgan fingerprint density at radius 2 is 1.53 bits per heavy atom. The van der Waals surface area contributed by atoms with Crippen molar-refractivity contribution in [2.75, 3.05) is 18.4 Å². The lowest BCUT2D eigenvalue weighted by molar-refractivity contribution is -0.136. The molecule has 4 atom stereocenters. The predicted octanol–water partition coefficient (Wildman–Crippen LogP) is 3.69. The van der Waals surface area contributed by atoms with E-state index in [1.807, 2.05) is 0 Å². The van der Waals surface area contributed by atoms with Crippen LogP contribution in [0.25, 0.3) is 0 Å². The van der Waals surface area contributed by atoms with Gasteiger partial charge in [0.05, 0.1) is 4.90 Å². The molecule has 1 aliphatic heterocycles. The SMILES string of the molecule is CC1CC(C)CN(S(=O)(=O)c2ccc(NC(=O)C3CC4CCCC(C3)C4=O)cc2)C1. The lowest BCUT2D eigenvalue weighted by Crippen LogP contribution is -2.42. The number of hydrogen-bond acceptors (Lipinski definition) is 4. The third kappa shape index (κ3) is 4.33. The van der Waals surface area contributed by atoms with Crippen LogP contribution in [0, 0.1) is 29.6 Å². The fraction of sp³-hybridized carbons (Fsp3) is 0.652. The Labute approximate surface area is 179 Å². The number of fused-ring (bicyclic) bond motifs is 2. The highest BCUT2D eigenvalue weighted by Crippen LogP contribution is 2.40. The molecule has 1 saturated heterocycles. The highest BCUT2D eigenvalue weighted by atomic mass is 32.2. The number of sulfonamides is 1. The van der Waals surface area contributed by atoms with Gasteiger partial charge in [0.25, 0.3) is 0 Å². The minimum atomic E-state index is -3.53. The van der Waals surface area contributed by atoms with E-state index in [1.165, 1.54) is 0 Å². The summed E-state index contributed by atoms with van der Waals surface area (Å²) in [5, 5.41) is 2.93. The molecule has 164 valence electrons. The first-order chi connectivity index (χ1) is 14.2. The van der Waals surface area contributed by atoms with Gasteiger partial charge in [0.15, 0.2) is 0 Å². The molecule has 0 aromatic heterocycles. The summed E-state index contributed by atoms with van der Waals surface area (Å²) in [5.74, 6) is 0.922. The Balaban J connectivity index is 1.41. The van der Waals surface area contributed by atoms with Crippen LogP contribution in [0.15, 0.2) is 29.2 Å². The summed E-state index contributed by atoms with van der Waals surface area (Å²) in [5.41, 5.74) is 0.599. The van der Waals surface area contributed by atoms with Gasteiger partial charge in [-0.2, -0.15) is 4.31 Å². The first-order valence-corrected chi connectivity index (χ1v) is 12.6. The van der Waals surface area contributed by atoms with E-state index in [0.29, 0.717) is 49.2 Å². The van der Waals surface area contributed by atoms with Gasteiger partial charge in [-0.05, 0) is 68.2 Å². The van der Waals surface area contributed by atoms with Crippen LogP contribution in [0.3, 0.4) is 0 Å². The minimum absolute atomic E-state index is 0.0371. The number of nitrogens with one attached hydrogen (secondary N) is 1. The van der Waals surface area contributed by atoms with Crippen LogP contribution in [-0.2, 0) is 19.6 Å². The van der Waals surface area contributed by atoms with Gasteiger partial charge in [-0.1, -0.05) is 20.3 Å². The van der Waals surface area contributed by atoms with Gasteiger partial charge < -0.3 is 5.32 Å². The average Bonchev–Trinajstić information content (AvgIpc) is 2.67. The first-order valence-electron chi connectivity index (χ1n) is 11.2. The van der Waals surface area contributed by atoms with Crippen molar-refractivity contribution in [3.8, 4) is 0 Å². The zero-order chi connectivity index (χ0) is 21.5. The number of Topliss-reactive ketones (excluding diaryl/α,β-unsaturated/α-hetero) is 1. The van der Waals surface area contributed by atoms with Gasteiger partial charge in [-0.15, -0.1) is 0 Å². The number of rotatable bonds is 4. The lowest BCUT2D eigenvalue weighted by atomic mass is 9.67. The zero-order valence-corrected chi connectivity index (χ0v) is 18.7. The molecule has 2 saturated carbocycles. The minimum Gasteiger partial charge on any atom is -0.326 e. The molecule has 3 fully saturated rings. The first kappa shape index (κ1) is 21.5. The molecule has 1 aromatic carbocycles. The van der Waals surface area contributed by atoms with E-state index >= 15 is 0 Å². The number of carbonyl (C=O) groups excluding carboxylic acids is 2. The quantitative estimate of drug-likeness (QED) is 0.787. The van der Waals surface area contributed by atoms with Gasteiger partial charge in [0, 0.05) is 36.5 Å². The van der Waals surface area contributed by atoms with Crippen LogP contribution in [0.2, 0.25) is 0 Å². The maximum atomic E-state index is 13.0. The van der Waals surface area contributed by atoms with E-state index in [-0.39, 0.29) is 28.6 Å². The molecule has 1 heterocycles. The van der Waals surface area contributed by atoms with E-state index in [1.54, 1.807) is 28.6 Å². The van der Waals surface area contributed by atoms with Crippen LogP contribution in [0.1, 0.15) is 52.4 Å². The molecule has 3 aliphatic rings. The number of piperidine rings is 1. The summed E-state index contributed by atoms with van der Waals surface area (Å²) in [4.78, 5) is 25.3. The Morgan fingerprint density at radius 1 is 0.967 bits per heavy atom. The number of nitrogens with zero attached hydrogens (tertiary/aromatic N) is 1. The predicted molar refractivity (Wildman–Crippen MR) is 115 cm³/mol. The largest absolute Gasteiger partial charge is 0.326 e. The van der Waals surface area contributed by atoms with Crippen LogP contribution in [-0.4, -0.2) is 37.5 Å². The molecule has 30 heavy (non-hydrogen) atoms. The molecule has 6 nitrogen and oxygen atoms in total. The molecular weight excluding hydrogens is 400 g/mol. The van der Waals surface area contributed by atoms with Crippen LogP contribution < -0.4 is 5.32 Å². The van der Waals surface area contributed by atoms with Crippen molar-refractivity contribution >= 4 is 27.4 Å². The molecular formula is C23H32N2O4S. The third-order valence-corrected chi connectivity index (χ3v) is 8.86. The van der Waals surface area contributed by atoms with Crippen molar-refractivity contribution in [3.63, 3.8) is 0 Å². The summed E-state index contributed by atoms with van der Waals surface area (Å²) < 4.78 is 27.6. The fourth-order valence-corrected chi connectivity index (χ4v) is 7.28. The molecule has 1 N–H and O–H groups in total. The van der Waals surface area contributed by atoms with Gasteiger partial charge in [0.1, 0.15) is 5.78 Å². The second-order valence-corrected chi connectivity index (χ2v) is 11.6. The third-order valence-electron chi connectivity index (χ3n) is 7.01. The van der Waals surface area contributed by atoms with Crippen molar-refractivity contribution < 1.29 is 18.0 Å². The standard InChI is InChI=1S/C23H32N2O4S/c1-15-10-16(2)14-25(13-15)30(28,29)21-8-6-20(7-9-21)24-23(27)19-11-17-4-3-5-18(12-19)22(17)26/h6-9,15-19H,3-5,10-14H2,1-2H3,(H,24,27). The molecule has 1 aromatic rings. The van der Waals surface area contributed by atoms with Crippen LogP contribution in [0.5, 0.6) is 0 Å². The van der Waals surface area contributed by atoms with E-state index in [9.17, 15) is 18.0 Å². The summed E-state index contributed by atoms with van der Waals surface area (Å²) in [6, 6.07) is 6.48. The zero-order valence-electron chi connectivity index (χ0n) is 17.8. The van der Waals surface area contributed by atoms with Crippen molar-refractivity contribution in [2.24, 2.45) is 29.6 Å². The number of carbonyl (C=O) groups is 2. The Hall–Kier alpha value is -1.73. The van der Waals surface area contributed by atoms with E-state index in [2.05, 4.69) is 19.2 Å². The highest BCUT2D eigenvalue weighted by Gasteiger charge is 2.41. The maximum absolute atomic E-state index is 13.0. The van der Waals surface area contributed by atoms with Crippen molar-refractivity contribution in [3.05, 3.63) is 24.3 Å². The van der Waals surface area contributed by atoms with E-state index < -0.39 is 10.0 Å². The summed E-state index contributed by atoms with van der Waals surface area (Å²) in [6.45, 7) is 5.27. The normalized spacial score (nSPS) is 32.6. The van der Waals surface area contributed by atoms with Crippen molar-refractivity contribution in [2.45, 2.75) is 57.3 Å². The molecule has 1 amide bonds. The molecule has 2 aliphatic carbocycles. The summed E-state index contributed by atoms with van der Waals surface area (Å²) in [6.07, 6.45) is 5.21. The summed E-state index contributed by atoms with van der Waals surface area (Å²) >= 11 is 0. The lowest BCUT2D eigenvalue weighted by Gasteiger charge is -2.36. The average molecular weight is 433 g/mol. The number of anilines is 1. The second kappa shape index (κ2) is 8.42. The van der Waals surface area contributed by atoms with E-state index in [0.717, 1.165) is 25.7 Å². The molecule has 0 spiro atoms. The van der Waals surface area contributed by atoms with Gasteiger partial charge in [0.2, 0.25) is 15.9 Å². The monoisotopic (exact) mass is 432 g/mol. The molecule has 4 unspecified atom stereocenters. The van der Waals surface area contributed by atoms with Gasteiger partial charge in [-0.3, -0.25) is 9.59 Å². The molecule has 4 rings (SSSR count). The smallest absolute Gasteiger partial charge is 0.243 e. The van der Waals surface area contributed by atoms with Crippen LogP contribution in [0.4, 0.5) is 5.69 Å². The topological polar surface area (TPSA) is 83.6 Å². The number of ketones is 1. The number of hydrogen-bond donors (Lipinski definition) is 1. The van der Waals surface area contributed by atoms with Crippen LogP contribution >= 0.6 is 0 Å². The maximum Gasteiger partial charge on any atom is 0.243 e. The highest BCUT2D eigenvalue weighted by molar-refractivity contribution is 7.89. The summed E-state index contributed by atoms with van der Waals surface area (Å²) in [7, 11) is -3.53. The van der Waals surface area contributed by atoms with Crippen molar-refractivity contribution in [1.82, 2.24) is 4.31 Å².